The lowest BCUT2D eigenvalue weighted by atomic mass is 10.1. The highest BCUT2D eigenvalue weighted by Gasteiger charge is 2.18. The summed E-state index contributed by atoms with van der Waals surface area (Å²) in [4.78, 5) is 23.9. The van der Waals surface area contributed by atoms with Crippen LogP contribution >= 0.6 is 11.6 Å². The Bertz CT molecular complexity index is 829. The highest BCUT2D eigenvalue weighted by molar-refractivity contribution is 6.30. The summed E-state index contributed by atoms with van der Waals surface area (Å²) in [6.45, 7) is 2.94. The van der Waals surface area contributed by atoms with Crippen molar-refractivity contribution < 1.29 is 19.1 Å². The van der Waals surface area contributed by atoms with Crippen molar-refractivity contribution in [2.24, 2.45) is 0 Å². The fourth-order valence-corrected chi connectivity index (χ4v) is 2.36. The Hall–Kier alpha value is -3.04. The number of benzene rings is 2. The van der Waals surface area contributed by atoms with Crippen LogP contribution in [0.1, 0.15) is 31.0 Å². The minimum Gasteiger partial charge on any atom is -0.479 e. The van der Waals surface area contributed by atoms with Gasteiger partial charge in [-0.15, -0.1) is 0 Å². The summed E-state index contributed by atoms with van der Waals surface area (Å²) in [7, 11) is 0. The summed E-state index contributed by atoms with van der Waals surface area (Å²) >= 11 is 5.84. The third-order valence-corrected chi connectivity index (χ3v) is 3.97. The number of carbonyl (C=O) groups excluding carboxylic acids is 2. The van der Waals surface area contributed by atoms with E-state index >= 15 is 0 Å². The monoisotopic (exact) mass is 386 g/mol. The van der Waals surface area contributed by atoms with Crippen LogP contribution in [0.3, 0.4) is 0 Å². The fourth-order valence-electron chi connectivity index (χ4n) is 2.23. The Kier molecular flexibility index (Phi) is 7.21. The average molecular weight is 387 g/mol. The number of nitrogens with zero attached hydrogens (tertiary/aromatic N) is 1. The molecule has 6 nitrogen and oxygen atoms in total. The van der Waals surface area contributed by atoms with Crippen LogP contribution in [-0.4, -0.2) is 24.6 Å². The predicted molar refractivity (Wildman–Crippen MR) is 100 cm³/mol. The second kappa shape index (κ2) is 9.60. The number of nitrogens with one attached hydrogen (secondary N) is 1. The molecule has 140 valence electrons. The van der Waals surface area contributed by atoms with Gasteiger partial charge < -0.3 is 14.8 Å². The van der Waals surface area contributed by atoms with Crippen LogP contribution in [0, 0.1) is 11.3 Å². The molecule has 2 atom stereocenters. The van der Waals surface area contributed by atoms with Gasteiger partial charge in [0.05, 0.1) is 17.7 Å². The molecule has 0 saturated carbocycles. The van der Waals surface area contributed by atoms with Gasteiger partial charge in [0.15, 0.2) is 12.7 Å². The highest BCUT2D eigenvalue weighted by atomic mass is 35.5. The first kappa shape index (κ1) is 20.3. The summed E-state index contributed by atoms with van der Waals surface area (Å²) in [5.41, 5.74) is 1.38. The van der Waals surface area contributed by atoms with Crippen LogP contribution in [0.15, 0.2) is 48.5 Å². The molecule has 27 heavy (non-hydrogen) atoms. The van der Waals surface area contributed by atoms with Crippen LogP contribution < -0.4 is 10.1 Å². The lowest BCUT2D eigenvalue weighted by molar-refractivity contribution is -0.154. The summed E-state index contributed by atoms with van der Waals surface area (Å²) < 4.78 is 10.4. The maximum atomic E-state index is 12.0. The molecule has 1 amide bonds. The molecule has 2 aromatic carbocycles. The minimum atomic E-state index is -0.889. The van der Waals surface area contributed by atoms with E-state index in [2.05, 4.69) is 5.32 Å². The van der Waals surface area contributed by atoms with Crippen molar-refractivity contribution in [2.45, 2.75) is 26.0 Å². The Morgan fingerprint density at radius 2 is 1.74 bits per heavy atom. The van der Waals surface area contributed by atoms with E-state index in [1.807, 2.05) is 25.1 Å². The number of carbonyl (C=O) groups is 2. The number of hydrogen-bond donors (Lipinski definition) is 1. The zero-order valence-corrected chi connectivity index (χ0v) is 15.7. The third kappa shape index (κ3) is 6.32. The molecule has 0 aromatic heterocycles. The van der Waals surface area contributed by atoms with Gasteiger partial charge in [0.2, 0.25) is 0 Å². The van der Waals surface area contributed by atoms with Crippen LogP contribution in [0.25, 0.3) is 0 Å². The molecule has 2 aromatic rings. The molecule has 0 bridgehead atoms. The van der Waals surface area contributed by atoms with Crippen molar-refractivity contribution in [2.75, 3.05) is 6.61 Å². The van der Waals surface area contributed by atoms with E-state index in [1.54, 1.807) is 36.4 Å². The van der Waals surface area contributed by atoms with Crippen molar-refractivity contribution in [3.63, 3.8) is 0 Å². The maximum Gasteiger partial charge on any atom is 0.347 e. The molecular formula is C20H19ClN2O4. The molecule has 0 aliphatic carbocycles. The van der Waals surface area contributed by atoms with E-state index in [-0.39, 0.29) is 6.04 Å². The van der Waals surface area contributed by atoms with Crippen LogP contribution in [0.5, 0.6) is 5.75 Å². The van der Waals surface area contributed by atoms with E-state index in [1.165, 1.54) is 6.92 Å². The number of amides is 1. The molecule has 0 unspecified atom stereocenters. The SMILES string of the molecule is C[C@H](NC(=O)COC(=O)[C@@H](C)Oc1ccc(C#N)cc1)c1ccc(Cl)cc1. The van der Waals surface area contributed by atoms with Gasteiger partial charge in [0, 0.05) is 5.02 Å². The second-order valence-electron chi connectivity index (χ2n) is 5.84. The summed E-state index contributed by atoms with van der Waals surface area (Å²) in [5.74, 6) is -0.649. The molecule has 0 heterocycles. The van der Waals surface area contributed by atoms with Gasteiger partial charge in [0.25, 0.3) is 5.91 Å². The lowest BCUT2D eigenvalue weighted by Crippen LogP contribution is -2.34. The first-order chi connectivity index (χ1) is 12.9. The number of ether oxygens (including phenoxy) is 2. The Balaban J connectivity index is 1.78. The van der Waals surface area contributed by atoms with Crippen molar-refractivity contribution in [3.8, 4) is 11.8 Å². The van der Waals surface area contributed by atoms with Crippen molar-refractivity contribution in [3.05, 3.63) is 64.7 Å². The van der Waals surface area contributed by atoms with Crippen molar-refractivity contribution in [1.29, 1.82) is 5.26 Å². The van der Waals surface area contributed by atoms with Crippen LogP contribution in [-0.2, 0) is 14.3 Å². The van der Waals surface area contributed by atoms with E-state index in [9.17, 15) is 9.59 Å². The molecule has 0 saturated heterocycles. The molecule has 1 N–H and O–H groups in total. The van der Waals surface area contributed by atoms with Crippen LogP contribution in [0.2, 0.25) is 5.02 Å². The predicted octanol–water partition coefficient (Wildman–Crippen LogP) is 3.40. The molecule has 7 heteroatoms. The van der Waals surface area contributed by atoms with Gasteiger partial charge >= 0.3 is 5.97 Å². The van der Waals surface area contributed by atoms with Gasteiger partial charge in [-0.3, -0.25) is 4.79 Å². The average Bonchev–Trinajstić information content (AvgIpc) is 2.67. The minimum absolute atomic E-state index is 0.249. The number of halogens is 1. The topological polar surface area (TPSA) is 88.4 Å². The van der Waals surface area contributed by atoms with Crippen LogP contribution in [0.4, 0.5) is 0 Å². The molecule has 0 fully saturated rings. The second-order valence-corrected chi connectivity index (χ2v) is 6.28. The van der Waals surface area contributed by atoms with Gasteiger partial charge in [-0.2, -0.15) is 5.26 Å². The largest absolute Gasteiger partial charge is 0.479 e. The van der Waals surface area contributed by atoms with Crippen molar-refractivity contribution >= 4 is 23.5 Å². The Labute approximate surface area is 162 Å². The van der Waals surface area contributed by atoms with E-state index in [0.29, 0.717) is 16.3 Å². The zero-order valence-electron chi connectivity index (χ0n) is 14.9. The lowest BCUT2D eigenvalue weighted by Gasteiger charge is -2.16. The summed E-state index contributed by atoms with van der Waals surface area (Å²) in [6.07, 6.45) is -0.889. The smallest absolute Gasteiger partial charge is 0.347 e. The Morgan fingerprint density at radius 3 is 2.33 bits per heavy atom. The maximum absolute atomic E-state index is 12.0. The van der Waals surface area contributed by atoms with Gasteiger partial charge in [0.1, 0.15) is 5.75 Å². The highest BCUT2D eigenvalue weighted by Crippen LogP contribution is 2.16. The van der Waals surface area contributed by atoms with Gasteiger partial charge in [-0.25, -0.2) is 4.79 Å². The summed E-state index contributed by atoms with van der Waals surface area (Å²) in [5, 5.41) is 12.1. The fraction of sp³-hybridized carbons (Fsp3) is 0.250. The summed E-state index contributed by atoms with van der Waals surface area (Å²) in [6, 6.07) is 15.2. The quantitative estimate of drug-likeness (QED) is 0.737. The Morgan fingerprint density at radius 1 is 1.11 bits per heavy atom. The van der Waals surface area contributed by atoms with E-state index in [0.717, 1.165) is 5.56 Å². The van der Waals surface area contributed by atoms with Gasteiger partial charge in [-0.05, 0) is 55.8 Å². The standard InChI is InChI=1S/C20H19ClN2O4/c1-13(16-5-7-17(21)8-6-16)23-19(24)12-26-20(25)14(2)27-18-9-3-15(11-22)4-10-18/h3-10,13-14H,12H2,1-2H3,(H,23,24)/t13-,14+/m0/s1. The first-order valence-corrected chi connectivity index (χ1v) is 8.65. The molecule has 0 radical (unpaired) electrons. The van der Waals surface area contributed by atoms with Crippen molar-refractivity contribution in [1.82, 2.24) is 5.32 Å². The molecular weight excluding hydrogens is 368 g/mol. The zero-order chi connectivity index (χ0) is 19.8. The van der Waals surface area contributed by atoms with Gasteiger partial charge in [-0.1, -0.05) is 23.7 Å². The number of rotatable bonds is 7. The van der Waals surface area contributed by atoms with E-state index in [4.69, 9.17) is 26.3 Å². The third-order valence-electron chi connectivity index (χ3n) is 3.72. The number of nitriles is 1. The molecule has 0 spiro atoms. The molecule has 0 aliphatic heterocycles. The normalized spacial score (nSPS) is 12.4. The first-order valence-electron chi connectivity index (χ1n) is 8.27. The molecule has 2 rings (SSSR count). The van der Waals surface area contributed by atoms with E-state index < -0.39 is 24.6 Å². The number of esters is 1. The molecule has 0 aliphatic rings. The number of hydrogen-bond acceptors (Lipinski definition) is 5.